The second-order valence-corrected chi connectivity index (χ2v) is 6.79. The quantitative estimate of drug-likeness (QED) is 0.764. The molecule has 0 aromatic carbocycles. The standard InChI is InChI=1S/C10H19NO2S/c1-8-7-10(8,14(11,12)13)9-5-3-2-4-6-9/h8-9H,2-7H2,1H3,(H2,11,12,13). The fraction of sp³-hybridized carbons (Fsp3) is 1.00. The number of primary sulfonamides is 1. The highest BCUT2D eigenvalue weighted by Crippen LogP contribution is 2.57. The molecule has 0 radical (unpaired) electrons. The van der Waals surface area contributed by atoms with E-state index in [2.05, 4.69) is 0 Å². The molecule has 3 nitrogen and oxygen atoms in total. The van der Waals surface area contributed by atoms with Gasteiger partial charge in [0.15, 0.2) is 0 Å². The van der Waals surface area contributed by atoms with Gasteiger partial charge in [-0.15, -0.1) is 0 Å². The fourth-order valence-electron chi connectivity index (χ4n) is 3.21. The number of rotatable bonds is 2. The van der Waals surface area contributed by atoms with Gasteiger partial charge in [0.2, 0.25) is 10.0 Å². The average Bonchev–Trinajstić information content (AvgIpc) is 2.79. The van der Waals surface area contributed by atoms with Gasteiger partial charge in [-0.1, -0.05) is 26.2 Å². The Hall–Kier alpha value is -0.0900. The summed E-state index contributed by atoms with van der Waals surface area (Å²) in [6.07, 6.45) is 6.51. The number of sulfonamides is 1. The lowest BCUT2D eigenvalue weighted by molar-refractivity contribution is 0.322. The molecule has 2 aliphatic rings. The van der Waals surface area contributed by atoms with E-state index >= 15 is 0 Å². The largest absolute Gasteiger partial charge is 0.228 e. The van der Waals surface area contributed by atoms with Crippen LogP contribution in [0.15, 0.2) is 0 Å². The van der Waals surface area contributed by atoms with Gasteiger partial charge in [0, 0.05) is 0 Å². The van der Waals surface area contributed by atoms with Gasteiger partial charge in [-0.2, -0.15) is 0 Å². The zero-order valence-electron chi connectivity index (χ0n) is 8.70. The minimum Gasteiger partial charge on any atom is -0.228 e. The van der Waals surface area contributed by atoms with Crippen LogP contribution in [-0.2, 0) is 10.0 Å². The van der Waals surface area contributed by atoms with E-state index in [1.165, 1.54) is 19.3 Å². The van der Waals surface area contributed by atoms with E-state index < -0.39 is 14.8 Å². The molecule has 2 unspecified atom stereocenters. The molecule has 2 fully saturated rings. The Balaban J connectivity index is 2.21. The van der Waals surface area contributed by atoms with E-state index in [0.717, 1.165) is 19.3 Å². The van der Waals surface area contributed by atoms with Crippen LogP contribution in [-0.4, -0.2) is 13.2 Å². The van der Waals surface area contributed by atoms with Crippen molar-refractivity contribution >= 4 is 10.0 Å². The highest BCUT2D eigenvalue weighted by molar-refractivity contribution is 7.90. The van der Waals surface area contributed by atoms with Crippen molar-refractivity contribution in [2.24, 2.45) is 17.0 Å². The minimum atomic E-state index is -3.34. The molecule has 2 N–H and O–H groups in total. The molecular weight excluding hydrogens is 198 g/mol. The SMILES string of the molecule is CC1CC1(C1CCCCC1)S(N)(=O)=O. The van der Waals surface area contributed by atoms with Crippen molar-refractivity contribution in [2.75, 3.05) is 0 Å². The Kier molecular flexibility index (Phi) is 2.39. The van der Waals surface area contributed by atoms with E-state index in [-0.39, 0.29) is 5.92 Å². The highest BCUT2D eigenvalue weighted by Gasteiger charge is 2.63. The summed E-state index contributed by atoms with van der Waals surface area (Å²) in [4.78, 5) is 0. The molecule has 0 saturated heterocycles. The lowest BCUT2D eigenvalue weighted by Gasteiger charge is -2.29. The van der Waals surface area contributed by atoms with Crippen molar-refractivity contribution in [1.82, 2.24) is 0 Å². The van der Waals surface area contributed by atoms with Crippen LogP contribution in [0.4, 0.5) is 0 Å². The lowest BCUT2D eigenvalue weighted by atomic mass is 9.84. The molecule has 2 saturated carbocycles. The van der Waals surface area contributed by atoms with E-state index in [0.29, 0.717) is 5.92 Å². The van der Waals surface area contributed by atoms with Gasteiger partial charge >= 0.3 is 0 Å². The van der Waals surface area contributed by atoms with Crippen LogP contribution in [0, 0.1) is 11.8 Å². The Bertz CT molecular complexity index is 319. The monoisotopic (exact) mass is 217 g/mol. The van der Waals surface area contributed by atoms with Gasteiger partial charge in [0.25, 0.3) is 0 Å². The zero-order valence-corrected chi connectivity index (χ0v) is 9.52. The van der Waals surface area contributed by atoms with Crippen molar-refractivity contribution in [2.45, 2.75) is 50.2 Å². The van der Waals surface area contributed by atoms with E-state index in [9.17, 15) is 8.42 Å². The maximum atomic E-state index is 11.6. The van der Waals surface area contributed by atoms with Crippen LogP contribution in [0.1, 0.15) is 45.4 Å². The molecule has 0 aromatic rings. The summed E-state index contributed by atoms with van der Waals surface area (Å²) < 4.78 is 22.7. The van der Waals surface area contributed by atoms with E-state index in [4.69, 9.17) is 5.14 Å². The van der Waals surface area contributed by atoms with Gasteiger partial charge in [0.1, 0.15) is 0 Å². The van der Waals surface area contributed by atoms with Crippen LogP contribution in [0.5, 0.6) is 0 Å². The van der Waals surface area contributed by atoms with Crippen LogP contribution >= 0.6 is 0 Å². The Morgan fingerprint density at radius 3 is 2.07 bits per heavy atom. The van der Waals surface area contributed by atoms with E-state index in [1.54, 1.807) is 0 Å². The minimum absolute atomic E-state index is 0.278. The fourth-order valence-corrected chi connectivity index (χ4v) is 4.95. The van der Waals surface area contributed by atoms with Gasteiger partial charge in [-0.05, 0) is 31.1 Å². The predicted octanol–water partition coefficient (Wildman–Crippen LogP) is 1.63. The molecule has 0 heterocycles. The van der Waals surface area contributed by atoms with Crippen molar-refractivity contribution in [1.29, 1.82) is 0 Å². The molecule has 0 spiro atoms. The van der Waals surface area contributed by atoms with Gasteiger partial charge in [-0.25, -0.2) is 13.6 Å². The summed E-state index contributed by atoms with van der Waals surface area (Å²) in [5.74, 6) is 0.613. The molecule has 82 valence electrons. The van der Waals surface area contributed by atoms with Crippen molar-refractivity contribution in [3.05, 3.63) is 0 Å². The highest BCUT2D eigenvalue weighted by atomic mass is 32.2. The second kappa shape index (κ2) is 3.20. The average molecular weight is 217 g/mol. The molecule has 0 bridgehead atoms. The molecule has 2 aliphatic carbocycles. The topological polar surface area (TPSA) is 60.2 Å². The van der Waals surface area contributed by atoms with Crippen LogP contribution < -0.4 is 5.14 Å². The van der Waals surface area contributed by atoms with Crippen LogP contribution in [0.2, 0.25) is 0 Å². The molecule has 0 aliphatic heterocycles. The summed E-state index contributed by atoms with van der Waals surface area (Å²) in [5, 5.41) is 5.37. The number of hydrogen-bond donors (Lipinski definition) is 1. The molecule has 2 atom stereocenters. The maximum absolute atomic E-state index is 11.6. The van der Waals surface area contributed by atoms with Gasteiger partial charge in [-0.3, -0.25) is 0 Å². The Morgan fingerprint density at radius 1 is 1.21 bits per heavy atom. The summed E-state index contributed by atoms with van der Waals surface area (Å²) in [5.41, 5.74) is 0. The normalized spacial score (nSPS) is 39.7. The number of nitrogens with two attached hydrogens (primary N) is 1. The first-order valence-electron chi connectivity index (χ1n) is 5.51. The Labute approximate surface area is 86.1 Å². The van der Waals surface area contributed by atoms with Crippen molar-refractivity contribution < 1.29 is 8.42 Å². The molecule has 0 amide bonds. The zero-order chi connectivity index (χ0) is 10.4. The molecule has 0 aromatic heterocycles. The molecule has 2 rings (SSSR count). The summed E-state index contributed by atoms with van der Waals surface area (Å²) in [7, 11) is -3.34. The van der Waals surface area contributed by atoms with Crippen molar-refractivity contribution in [3.63, 3.8) is 0 Å². The smallest absolute Gasteiger partial charge is 0.215 e. The first-order valence-corrected chi connectivity index (χ1v) is 7.05. The third-order valence-corrected chi connectivity index (χ3v) is 6.09. The maximum Gasteiger partial charge on any atom is 0.215 e. The molecule has 14 heavy (non-hydrogen) atoms. The van der Waals surface area contributed by atoms with Gasteiger partial charge in [0.05, 0.1) is 4.75 Å². The summed E-state index contributed by atoms with van der Waals surface area (Å²) in [6, 6.07) is 0. The van der Waals surface area contributed by atoms with Crippen molar-refractivity contribution in [3.8, 4) is 0 Å². The third kappa shape index (κ3) is 1.39. The first-order chi connectivity index (χ1) is 6.48. The van der Waals surface area contributed by atoms with Gasteiger partial charge < -0.3 is 0 Å². The lowest BCUT2D eigenvalue weighted by Crippen LogP contribution is -2.39. The predicted molar refractivity (Wildman–Crippen MR) is 56.2 cm³/mol. The van der Waals surface area contributed by atoms with Crippen LogP contribution in [0.3, 0.4) is 0 Å². The summed E-state index contributed by atoms with van der Waals surface area (Å²) in [6.45, 7) is 2.01. The molecular formula is C10H19NO2S. The Morgan fingerprint density at radius 2 is 1.71 bits per heavy atom. The van der Waals surface area contributed by atoms with E-state index in [1.807, 2.05) is 6.92 Å². The van der Waals surface area contributed by atoms with Crippen LogP contribution in [0.25, 0.3) is 0 Å². The first kappa shape index (κ1) is 10.4. The third-order valence-electron chi connectivity index (χ3n) is 4.13. The molecule has 4 heteroatoms. The second-order valence-electron chi connectivity index (χ2n) is 4.94. The summed E-state index contributed by atoms with van der Waals surface area (Å²) >= 11 is 0. The number of hydrogen-bond acceptors (Lipinski definition) is 2.